The summed E-state index contributed by atoms with van der Waals surface area (Å²) in [6.07, 6.45) is 0.873. The predicted octanol–water partition coefficient (Wildman–Crippen LogP) is 2.17. The lowest BCUT2D eigenvalue weighted by atomic mass is 9.97. The van der Waals surface area contributed by atoms with Crippen molar-refractivity contribution in [3.05, 3.63) is 29.8 Å². The molecule has 0 radical (unpaired) electrons. The lowest BCUT2D eigenvalue weighted by Gasteiger charge is -2.15. The molecule has 0 spiro atoms. The highest BCUT2D eigenvalue weighted by Crippen LogP contribution is 2.12. The molecule has 3 N–H and O–H groups in total. The van der Waals surface area contributed by atoms with Crippen molar-refractivity contribution in [1.29, 1.82) is 0 Å². The molecule has 0 aliphatic rings. The molecule has 1 atom stereocenters. The molecule has 1 rings (SSSR count). The first kappa shape index (κ1) is 12.7. The summed E-state index contributed by atoms with van der Waals surface area (Å²) in [4.78, 5) is 10.8. The van der Waals surface area contributed by atoms with E-state index in [9.17, 15) is 4.79 Å². The molecule has 0 aliphatic heterocycles. The minimum absolute atomic E-state index is 0.0494. The Morgan fingerprint density at radius 3 is 2.31 bits per heavy atom. The van der Waals surface area contributed by atoms with Crippen molar-refractivity contribution >= 4 is 11.6 Å². The first-order valence-electron chi connectivity index (χ1n) is 5.61. The number of nitrogens with one attached hydrogen (secondary N) is 1. The summed E-state index contributed by atoms with van der Waals surface area (Å²) in [5, 5.41) is 2.74. The molecule has 1 amide bonds. The van der Waals surface area contributed by atoms with E-state index in [2.05, 4.69) is 19.2 Å². The molecule has 0 fully saturated rings. The van der Waals surface area contributed by atoms with Gasteiger partial charge in [-0.2, -0.15) is 0 Å². The van der Waals surface area contributed by atoms with Crippen LogP contribution in [0.5, 0.6) is 0 Å². The van der Waals surface area contributed by atoms with E-state index in [1.807, 2.05) is 24.3 Å². The molecule has 0 aliphatic carbocycles. The van der Waals surface area contributed by atoms with Crippen LogP contribution in [0.2, 0.25) is 0 Å². The molecule has 1 aromatic carbocycles. The van der Waals surface area contributed by atoms with E-state index in [0.29, 0.717) is 5.92 Å². The number of hydrogen-bond acceptors (Lipinski definition) is 2. The summed E-state index contributed by atoms with van der Waals surface area (Å²) in [7, 11) is 0. The van der Waals surface area contributed by atoms with Gasteiger partial charge in [-0.1, -0.05) is 26.0 Å². The third-order valence-electron chi connectivity index (χ3n) is 2.60. The summed E-state index contributed by atoms with van der Waals surface area (Å²) in [6.45, 7) is 5.75. The Morgan fingerprint density at radius 2 is 1.88 bits per heavy atom. The SMILES string of the molecule is CC(=O)Nc1ccc(CC(N)C(C)C)cc1. The zero-order chi connectivity index (χ0) is 12.1. The van der Waals surface area contributed by atoms with E-state index >= 15 is 0 Å². The molecule has 0 aromatic heterocycles. The van der Waals surface area contributed by atoms with Crippen molar-refractivity contribution < 1.29 is 4.79 Å². The average Bonchev–Trinajstić information content (AvgIpc) is 2.20. The minimum atomic E-state index is -0.0494. The predicted molar refractivity (Wildman–Crippen MR) is 67.3 cm³/mol. The average molecular weight is 220 g/mol. The highest BCUT2D eigenvalue weighted by Gasteiger charge is 2.08. The van der Waals surface area contributed by atoms with Gasteiger partial charge in [0, 0.05) is 18.7 Å². The summed E-state index contributed by atoms with van der Waals surface area (Å²) < 4.78 is 0. The molecule has 3 nitrogen and oxygen atoms in total. The highest BCUT2D eigenvalue weighted by atomic mass is 16.1. The van der Waals surface area contributed by atoms with Crippen molar-refractivity contribution in [2.45, 2.75) is 33.2 Å². The van der Waals surface area contributed by atoms with Crippen molar-refractivity contribution in [2.24, 2.45) is 11.7 Å². The van der Waals surface area contributed by atoms with Crippen molar-refractivity contribution in [1.82, 2.24) is 0 Å². The van der Waals surface area contributed by atoms with Crippen LogP contribution in [0.3, 0.4) is 0 Å². The van der Waals surface area contributed by atoms with Crippen LogP contribution in [0.4, 0.5) is 5.69 Å². The normalized spacial score (nSPS) is 12.6. The van der Waals surface area contributed by atoms with Gasteiger partial charge in [-0.3, -0.25) is 4.79 Å². The van der Waals surface area contributed by atoms with Crippen LogP contribution in [0.25, 0.3) is 0 Å². The lowest BCUT2D eigenvalue weighted by Crippen LogP contribution is -2.28. The van der Waals surface area contributed by atoms with Gasteiger partial charge in [0.15, 0.2) is 0 Å². The lowest BCUT2D eigenvalue weighted by molar-refractivity contribution is -0.114. The summed E-state index contributed by atoms with van der Waals surface area (Å²) in [5.74, 6) is 0.432. The Bertz CT molecular complexity index is 343. The van der Waals surface area contributed by atoms with Crippen LogP contribution in [0.1, 0.15) is 26.3 Å². The van der Waals surface area contributed by atoms with E-state index in [-0.39, 0.29) is 11.9 Å². The fourth-order valence-corrected chi connectivity index (χ4v) is 1.44. The van der Waals surface area contributed by atoms with Gasteiger partial charge >= 0.3 is 0 Å². The van der Waals surface area contributed by atoms with Crippen molar-refractivity contribution in [3.8, 4) is 0 Å². The Hall–Kier alpha value is -1.35. The monoisotopic (exact) mass is 220 g/mol. The maximum atomic E-state index is 10.8. The van der Waals surface area contributed by atoms with E-state index < -0.39 is 0 Å². The van der Waals surface area contributed by atoms with Crippen LogP contribution >= 0.6 is 0 Å². The number of hydrogen-bond donors (Lipinski definition) is 2. The number of anilines is 1. The third kappa shape index (κ3) is 4.03. The van der Waals surface area contributed by atoms with Gasteiger partial charge in [-0.15, -0.1) is 0 Å². The van der Waals surface area contributed by atoms with Crippen molar-refractivity contribution in [3.63, 3.8) is 0 Å². The zero-order valence-electron chi connectivity index (χ0n) is 10.2. The molecule has 1 aromatic rings. The van der Waals surface area contributed by atoms with Crippen LogP contribution < -0.4 is 11.1 Å². The quantitative estimate of drug-likeness (QED) is 0.817. The van der Waals surface area contributed by atoms with Crippen LogP contribution in [-0.4, -0.2) is 11.9 Å². The van der Waals surface area contributed by atoms with Gasteiger partial charge in [-0.05, 0) is 30.0 Å². The van der Waals surface area contributed by atoms with Crippen molar-refractivity contribution in [2.75, 3.05) is 5.32 Å². The van der Waals surface area contributed by atoms with E-state index in [0.717, 1.165) is 12.1 Å². The summed E-state index contributed by atoms with van der Waals surface area (Å²) in [6, 6.07) is 8.01. The largest absolute Gasteiger partial charge is 0.327 e. The van der Waals surface area contributed by atoms with Crippen LogP contribution in [0.15, 0.2) is 24.3 Å². The van der Waals surface area contributed by atoms with Crippen LogP contribution in [-0.2, 0) is 11.2 Å². The number of carbonyl (C=O) groups excluding carboxylic acids is 1. The van der Waals surface area contributed by atoms with E-state index in [1.165, 1.54) is 12.5 Å². The smallest absolute Gasteiger partial charge is 0.221 e. The molecule has 3 heteroatoms. The molecule has 1 unspecified atom stereocenters. The second-order valence-corrected chi connectivity index (χ2v) is 4.49. The highest BCUT2D eigenvalue weighted by molar-refractivity contribution is 5.88. The fourth-order valence-electron chi connectivity index (χ4n) is 1.44. The van der Waals surface area contributed by atoms with E-state index in [1.54, 1.807) is 0 Å². The molecule has 88 valence electrons. The number of benzene rings is 1. The number of amides is 1. The van der Waals surface area contributed by atoms with E-state index in [4.69, 9.17) is 5.73 Å². The van der Waals surface area contributed by atoms with Gasteiger partial charge in [0.05, 0.1) is 0 Å². The maximum absolute atomic E-state index is 10.8. The second kappa shape index (κ2) is 5.66. The fraction of sp³-hybridized carbons (Fsp3) is 0.462. The second-order valence-electron chi connectivity index (χ2n) is 4.49. The molecular formula is C13H20N2O. The molecular weight excluding hydrogens is 200 g/mol. The number of nitrogens with two attached hydrogens (primary N) is 1. The van der Waals surface area contributed by atoms with Gasteiger partial charge in [0.25, 0.3) is 0 Å². The molecule has 0 heterocycles. The number of carbonyl (C=O) groups is 1. The minimum Gasteiger partial charge on any atom is -0.327 e. The molecule has 0 bridgehead atoms. The standard InChI is InChI=1S/C13H20N2O/c1-9(2)13(14)8-11-4-6-12(7-5-11)15-10(3)16/h4-7,9,13H,8,14H2,1-3H3,(H,15,16). The first-order valence-corrected chi connectivity index (χ1v) is 5.61. The van der Waals surface area contributed by atoms with Crippen LogP contribution in [0, 0.1) is 5.92 Å². The molecule has 16 heavy (non-hydrogen) atoms. The Balaban J connectivity index is 2.61. The van der Waals surface area contributed by atoms with Gasteiger partial charge < -0.3 is 11.1 Å². The molecule has 0 saturated carbocycles. The van der Waals surface area contributed by atoms with Gasteiger partial charge in [0.1, 0.15) is 0 Å². The summed E-state index contributed by atoms with van der Waals surface area (Å²) >= 11 is 0. The summed E-state index contributed by atoms with van der Waals surface area (Å²) in [5.41, 5.74) is 8.03. The number of rotatable bonds is 4. The topological polar surface area (TPSA) is 55.1 Å². The Morgan fingerprint density at radius 1 is 1.31 bits per heavy atom. The molecule has 0 saturated heterocycles. The van der Waals surface area contributed by atoms with Gasteiger partial charge in [-0.25, -0.2) is 0 Å². The Kier molecular flexibility index (Phi) is 4.50. The third-order valence-corrected chi connectivity index (χ3v) is 2.60. The zero-order valence-corrected chi connectivity index (χ0v) is 10.2. The first-order chi connectivity index (χ1) is 7.49. The van der Waals surface area contributed by atoms with Gasteiger partial charge in [0.2, 0.25) is 5.91 Å². The maximum Gasteiger partial charge on any atom is 0.221 e. The Labute approximate surface area is 97.0 Å².